The molecule has 23 heavy (non-hydrogen) atoms. The van der Waals surface area contributed by atoms with Crippen molar-refractivity contribution in [3.8, 4) is 0 Å². The van der Waals surface area contributed by atoms with Gasteiger partial charge in [-0.15, -0.1) is 10.2 Å². The smallest absolute Gasteiger partial charge is 0.338 e. The topological polar surface area (TPSA) is 112 Å². The first-order valence-electron chi connectivity index (χ1n) is 6.04. The number of benzene rings is 1. The lowest BCUT2D eigenvalue weighted by Gasteiger charge is -2.08. The number of thiazole rings is 1. The molecule has 0 amide bonds. The summed E-state index contributed by atoms with van der Waals surface area (Å²) in [7, 11) is 0. The molecule has 0 radical (unpaired) electrons. The lowest BCUT2D eigenvalue weighted by molar-refractivity contribution is 0.0698. The van der Waals surface area contributed by atoms with Crippen molar-refractivity contribution in [2.75, 3.05) is 1.33 Å². The fourth-order valence-electron chi connectivity index (χ4n) is 1.57. The molecule has 2 aromatic rings. The first-order valence-corrected chi connectivity index (χ1v) is 10.5. The van der Waals surface area contributed by atoms with Crippen LogP contribution in [0.3, 0.4) is 0 Å². The Morgan fingerprint density at radius 2 is 1.96 bits per heavy atom. The summed E-state index contributed by atoms with van der Waals surface area (Å²) in [5.74, 6) is -1.19. The molecule has 0 saturated carbocycles. The van der Waals surface area contributed by atoms with E-state index in [1.807, 2.05) is 13.8 Å². The zero-order chi connectivity index (χ0) is 17.0. The third-order valence-electron chi connectivity index (χ3n) is 2.79. The van der Waals surface area contributed by atoms with Crippen LogP contribution in [0.1, 0.15) is 20.9 Å². The number of carboxylic acids is 1. The van der Waals surface area contributed by atoms with Crippen molar-refractivity contribution in [3.05, 3.63) is 34.3 Å². The number of hydrogen-bond donors (Lipinski definition) is 1. The maximum Gasteiger partial charge on any atom is 0.338 e. The van der Waals surface area contributed by atoms with Crippen molar-refractivity contribution in [1.82, 2.24) is 4.98 Å². The van der Waals surface area contributed by atoms with Crippen LogP contribution < -0.4 is 1.33 Å². The molecule has 11 heteroatoms. The van der Waals surface area contributed by atoms with Crippen LogP contribution in [0.4, 0.5) is 16.5 Å². The van der Waals surface area contributed by atoms with E-state index in [2.05, 4.69) is 15.2 Å². The van der Waals surface area contributed by atoms with Crippen LogP contribution in [0.2, 0.25) is 0 Å². The first-order chi connectivity index (χ1) is 11.0. The molecular formula is C12H10I2N4O4S. The monoisotopic (exact) mass is 560 g/mol. The summed E-state index contributed by atoms with van der Waals surface area (Å²) in [5.41, 5.74) is 1.25. The number of anilines is 1. The van der Waals surface area contributed by atoms with Gasteiger partial charge in [0.25, 0.3) is 42.9 Å². The second-order valence-corrected chi connectivity index (χ2v) is 9.96. The third-order valence-corrected chi connectivity index (χ3v) is 7.55. The van der Waals surface area contributed by atoms with Gasteiger partial charge in [-0.25, -0.2) is 17.2 Å². The maximum absolute atomic E-state index is 11.4. The molecule has 0 aliphatic heterocycles. The molecule has 122 valence electrons. The van der Waals surface area contributed by atoms with Crippen LogP contribution in [0, 0.1) is 13.8 Å². The Morgan fingerprint density at radius 1 is 1.26 bits per heavy atom. The molecule has 2 rings (SSSR count). The Labute approximate surface area is 156 Å². The lowest BCUT2D eigenvalue weighted by Crippen LogP contribution is -2.00. The minimum absolute atomic E-state index is 0.101. The summed E-state index contributed by atoms with van der Waals surface area (Å²) in [6, 6.07) is 4.26. The number of azo groups is 1. The average molecular weight is 560 g/mol. The number of aromatic nitrogens is 1. The van der Waals surface area contributed by atoms with E-state index in [-0.39, 0.29) is 11.3 Å². The van der Waals surface area contributed by atoms with Crippen molar-refractivity contribution < 1.29 is 16.0 Å². The zero-order valence-corrected chi connectivity index (χ0v) is 17.0. The predicted molar refractivity (Wildman–Crippen MR) is 101 cm³/mol. The van der Waals surface area contributed by atoms with Gasteiger partial charge in [0.15, 0.2) is 0 Å². The number of carbonyl (C=O) groups is 1. The Bertz CT molecular complexity index is 781. The predicted octanol–water partition coefficient (Wildman–Crippen LogP) is 5.14. The van der Waals surface area contributed by atoms with Crippen molar-refractivity contribution in [3.63, 3.8) is 0 Å². The molecule has 8 nitrogen and oxygen atoms in total. The number of aryl methyl sites for hydroxylation is 2. The van der Waals surface area contributed by atoms with E-state index in [9.17, 15) is 16.0 Å². The fourth-order valence-corrected chi connectivity index (χ4v) is 3.83. The van der Waals surface area contributed by atoms with Crippen LogP contribution in [0.5, 0.6) is 0 Å². The summed E-state index contributed by atoms with van der Waals surface area (Å²) in [6.45, 7) is 3.77. The Balaban J connectivity index is 2.40. The molecule has 0 unspecified atom stereocenters. The van der Waals surface area contributed by atoms with Gasteiger partial charge in [0, 0.05) is 4.88 Å². The summed E-state index contributed by atoms with van der Waals surface area (Å²) in [5, 5.41) is 17.6. The maximum atomic E-state index is 11.4. The van der Waals surface area contributed by atoms with E-state index >= 15 is 0 Å². The second-order valence-electron chi connectivity index (χ2n) is 4.22. The highest BCUT2D eigenvalue weighted by atomic mass is 127. The fraction of sp³-hybridized carbons (Fsp3) is 0.167. The van der Waals surface area contributed by atoms with Crippen molar-refractivity contribution in [2.24, 2.45) is 10.2 Å². The normalized spacial score (nSPS) is 11.0. The van der Waals surface area contributed by atoms with Gasteiger partial charge in [-0.05, 0) is 32.0 Å². The zero-order valence-electron chi connectivity index (χ0n) is 11.9. The Kier molecular flexibility index (Phi) is 6.34. The van der Waals surface area contributed by atoms with Gasteiger partial charge in [0.1, 0.15) is 5.69 Å². The number of halogens is 2. The van der Waals surface area contributed by atoms with Gasteiger partial charge < -0.3 is 5.11 Å². The third kappa shape index (κ3) is 4.41. The lowest BCUT2D eigenvalue weighted by atomic mass is 10.1. The highest BCUT2D eigenvalue weighted by Crippen LogP contribution is 2.34. The Morgan fingerprint density at radius 3 is 2.48 bits per heavy atom. The van der Waals surface area contributed by atoms with Crippen LogP contribution in [0.25, 0.3) is 0 Å². The number of rotatable bonds is 6. The molecule has 1 heterocycles. The standard InChI is InChI=1S/C12H10I2N4O4S/c1-6-7(2)23-12(15-6)17-16-10-4-3-8(18(13-21)14-22)5-9(10)11(19)20/h3-5H,1-2H3,(H,19,20). The SMILES string of the molecule is Cc1nc(N=Nc2ccc(N(I=O)I=O)cc2C(=O)O)sc1C. The van der Waals surface area contributed by atoms with Crippen LogP contribution in [0.15, 0.2) is 28.4 Å². The van der Waals surface area contributed by atoms with Gasteiger partial charge in [-0.3, -0.25) is 0 Å². The molecule has 1 aromatic carbocycles. The number of carboxylic acid groups (broad SMARTS) is 1. The van der Waals surface area contributed by atoms with Crippen LogP contribution in [-0.2, 0) is 6.14 Å². The van der Waals surface area contributed by atoms with Crippen molar-refractivity contribution in [1.29, 1.82) is 0 Å². The molecule has 0 spiro atoms. The van der Waals surface area contributed by atoms with Crippen LogP contribution >= 0.6 is 54.3 Å². The summed E-state index contributed by atoms with van der Waals surface area (Å²) >= 11 is -1.96. The molecule has 0 bridgehead atoms. The van der Waals surface area contributed by atoms with Gasteiger partial charge in [-0.1, -0.05) is 11.3 Å². The molecule has 0 fully saturated rings. The number of hydrogen-bond acceptors (Lipinski definition) is 7. The molecule has 0 atom stereocenters. The van der Waals surface area contributed by atoms with Crippen molar-refractivity contribution in [2.45, 2.75) is 13.8 Å². The van der Waals surface area contributed by atoms with Gasteiger partial charge in [0.05, 0.1) is 16.9 Å². The van der Waals surface area contributed by atoms with Gasteiger partial charge >= 0.3 is 5.97 Å². The van der Waals surface area contributed by atoms with E-state index < -0.39 is 48.9 Å². The number of nitrogens with zero attached hydrogens (tertiary/aromatic N) is 4. The molecule has 0 aliphatic rings. The average Bonchev–Trinajstić information content (AvgIpc) is 2.85. The minimum atomic E-state index is -1.66. The molecule has 0 saturated heterocycles. The largest absolute Gasteiger partial charge is 0.478 e. The van der Waals surface area contributed by atoms with E-state index in [1.165, 1.54) is 30.9 Å². The Hall–Kier alpha value is -1.22. The summed E-state index contributed by atoms with van der Waals surface area (Å²) in [6.07, 6.45) is 0. The first kappa shape index (κ1) is 18.1. The molecule has 1 N–H and O–H groups in total. The highest BCUT2D eigenvalue weighted by Gasteiger charge is 2.15. The van der Waals surface area contributed by atoms with E-state index in [0.29, 0.717) is 10.8 Å². The van der Waals surface area contributed by atoms with Crippen molar-refractivity contribution >= 4 is 76.7 Å². The van der Waals surface area contributed by atoms with E-state index in [4.69, 9.17) is 0 Å². The molecule has 0 aliphatic carbocycles. The summed E-state index contributed by atoms with van der Waals surface area (Å²) in [4.78, 5) is 16.6. The van der Waals surface area contributed by atoms with E-state index in [0.717, 1.165) is 10.6 Å². The minimum Gasteiger partial charge on any atom is -0.478 e. The quantitative estimate of drug-likeness (QED) is 0.298. The van der Waals surface area contributed by atoms with Crippen LogP contribution in [-0.4, -0.2) is 16.1 Å². The highest BCUT2D eigenvalue weighted by molar-refractivity contribution is 14.2. The van der Waals surface area contributed by atoms with Gasteiger partial charge in [-0.2, -0.15) is 0 Å². The van der Waals surface area contributed by atoms with E-state index in [1.54, 1.807) is 0 Å². The number of aromatic carboxylic acids is 1. The van der Waals surface area contributed by atoms with Gasteiger partial charge in [0.2, 0.25) is 5.13 Å². The summed E-state index contributed by atoms with van der Waals surface area (Å²) < 4.78 is 23.3. The molecule has 1 aromatic heterocycles. The second kappa shape index (κ2) is 8.05. The molecular weight excluding hydrogens is 550 g/mol.